The third-order valence-corrected chi connectivity index (χ3v) is 3.87. The van der Waals surface area contributed by atoms with Crippen LogP contribution in [0.3, 0.4) is 0 Å². The molecule has 0 fully saturated rings. The molecule has 0 aromatic heterocycles. The summed E-state index contributed by atoms with van der Waals surface area (Å²) >= 11 is 0. The number of nitrogens with zero attached hydrogens (tertiary/aromatic N) is 2. The molecule has 0 atom stereocenters. The van der Waals surface area contributed by atoms with Crippen molar-refractivity contribution in [2.45, 2.75) is 47.1 Å². The van der Waals surface area contributed by atoms with E-state index < -0.39 is 10.8 Å². The SMILES string of the molecule is CCN(CC(=O)Nc1c([N+](=O)[O-])ccc(C)c1C)CC(=O)NC(C)(C)C. The Morgan fingerprint density at radius 1 is 1.15 bits per heavy atom. The Morgan fingerprint density at radius 2 is 1.73 bits per heavy atom. The molecule has 2 N–H and O–H groups in total. The van der Waals surface area contributed by atoms with Crippen LogP contribution in [0, 0.1) is 24.0 Å². The average Bonchev–Trinajstić information content (AvgIpc) is 2.49. The average molecular weight is 364 g/mol. The van der Waals surface area contributed by atoms with Crippen molar-refractivity contribution in [1.29, 1.82) is 0 Å². The second-order valence-electron chi connectivity index (χ2n) is 7.31. The van der Waals surface area contributed by atoms with Crippen molar-refractivity contribution >= 4 is 23.2 Å². The summed E-state index contributed by atoms with van der Waals surface area (Å²) in [6.07, 6.45) is 0. The summed E-state index contributed by atoms with van der Waals surface area (Å²) in [6, 6.07) is 3.03. The molecular formula is C18H28N4O4. The molecule has 0 bridgehead atoms. The predicted octanol–water partition coefficient (Wildman–Crippen LogP) is 2.39. The Balaban J connectivity index is 2.83. The van der Waals surface area contributed by atoms with E-state index in [2.05, 4.69) is 10.6 Å². The lowest BCUT2D eigenvalue weighted by molar-refractivity contribution is -0.384. The Hall–Kier alpha value is -2.48. The molecule has 0 spiro atoms. The fraction of sp³-hybridized carbons (Fsp3) is 0.556. The number of nitro benzene ring substituents is 1. The second-order valence-corrected chi connectivity index (χ2v) is 7.31. The van der Waals surface area contributed by atoms with Gasteiger partial charge in [-0.1, -0.05) is 13.0 Å². The van der Waals surface area contributed by atoms with Gasteiger partial charge in [-0.2, -0.15) is 0 Å². The second kappa shape index (κ2) is 8.75. The van der Waals surface area contributed by atoms with Crippen LogP contribution in [0.1, 0.15) is 38.8 Å². The minimum absolute atomic E-state index is 0.0292. The van der Waals surface area contributed by atoms with Crippen molar-refractivity contribution in [2.24, 2.45) is 0 Å². The van der Waals surface area contributed by atoms with Crippen LogP contribution in [-0.4, -0.2) is 46.8 Å². The first-order chi connectivity index (χ1) is 11.9. The molecule has 0 unspecified atom stereocenters. The summed E-state index contributed by atoms with van der Waals surface area (Å²) in [5.41, 5.74) is 1.21. The normalized spacial score (nSPS) is 11.3. The molecule has 0 aliphatic carbocycles. The van der Waals surface area contributed by atoms with Crippen LogP contribution in [0.4, 0.5) is 11.4 Å². The van der Waals surface area contributed by atoms with Crippen LogP contribution in [0.2, 0.25) is 0 Å². The van der Waals surface area contributed by atoms with Gasteiger partial charge < -0.3 is 10.6 Å². The number of nitro groups is 1. The van der Waals surface area contributed by atoms with Gasteiger partial charge in [0.2, 0.25) is 11.8 Å². The molecule has 8 nitrogen and oxygen atoms in total. The van der Waals surface area contributed by atoms with E-state index in [9.17, 15) is 19.7 Å². The van der Waals surface area contributed by atoms with Gasteiger partial charge in [0.05, 0.1) is 18.0 Å². The summed E-state index contributed by atoms with van der Waals surface area (Å²) in [4.78, 5) is 36.8. The number of hydrogen-bond acceptors (Lipinski definition) is 5. The smallest absolute Gasteiger partial charge is 0.293 e. The Kier molecular flexibility index (Phi) is 7.26. The highest BCUT2D eigenvalue weighted by atomic mass is 16.6. The van der Waals surface area contributed by atoms with Gasteiger partial charge in [-0.15, -0.1) is 0 Å². The van der Waals surface area contributed by atoms with E-state index in [1.807, 2.05) is 34.6 Å². The summed E-state index contributed by atoms with van der Waals surface area (Å²) in [6.45, 7) is 11.6. The molecule has 1 aromatic rings. The van der Waals surface area contributed by atoms with E-state index in [-0.39, 0.29) is 35.9 Å². The highest BCUT2D eigenvalue weighted by Crippen LogP contribution is 2.30. The van der Waals surface area contributed by atoms with Gasteiger partial charge >= 0.3 is 0 Å². The highest BCUT2D eigenvalue weighted by Gasteiger charge is 2.21. The van der Waals surface area contributed by atoms with Crippen LogP contribution in [0.5, 0.6) is 0 Å². The van der Waals surface area contributed by atoms with Gasteiger partial charge in [-0.25, -0.2) is 0 Å². The summed E-state index contributed by atoms with van der Waals surface area (Å²) in [5, 5.41) is 16.7. The van der Waals surface area contributed by atoms with E-state index in [0.717, 1.165) is 5.56 Å². The number of aryl methyl sites for hydroxylation is 1. The molecule has 2 amide bonds. The third kappa shape index (κ3) is 6.44. The molecule has 144 valence electrons. The van der Waals surface area contributed by atoms with E-state index in [1.54, 1.807) is 17.9 Å². The number of benzene rings is 1. The Bertz CT molecular complexity index is 695. The van der Waals surface area contributed by atoms with Crippen LogP contribution in [0.25, 0.3) is 0 Å². The summed E-state index contributed by atoms with van der Waals surface area (Å²) in [5.74, 6) is -0.572. The molecule has 8 heteroatoms. The molecule has 0 aliphatic rings. The zero-order chi connectivity index (χ0) is 20.1. The largest absolute Gasteiger partial charge is 0.350 e. The molecule has 26 heavy (non-hydrogen) atoms. The maximum absolute atomic E-state index is 12.4. The van der Waals surface area contributed by atoms with Crippen LogP contribution in [-0.2, 0) is 9.59 Å². The molecule has 1 aromatic carbocycles. The quantitative estimate of drug-likeness (QED) is 0.571. The Morgan fingerprint density at radius 3 is 2.23 bits per heavy atom. The molecule has 0 saturated heterocycles. The first kappa shape index (κ1) is 21.6. The van der Waals surface area contributed by atoms with Gasteiger partial charge in [0, 0.05) is 11.6 Å². The number of amides is 2. The highest BCUT2D eigenvalue weighted by molar-refractivity contribution is 5.96. The van der Waals surface area contributed by atoms with Crippen molar-refractivity contribution in [1.82, 2.24) is 10.2 Å². The Labute approximate surface area is 154 Å². The van der Waals surface area contributed by atoms with E-state index in [0.29, 0.717) is 12.1 Å². The standard InChI is InChI=1S/C18H28N4O4/c1-7-21(11-16(24)20-18(4,5)6)10-15(23)19-17-13(3)12(2)8-9-14(17)22(25)26/h8-9H,7,10-11H2,1-6H3,(H,19,23)(H,20,24). The first-order valence-corrected chi connectivity index (χ1v) is 8.52. The van der Waals surface area contributed by atoms with Crippen molar-refractivity contribution in [3.63, 3.8) is 0 Å². The predicted molar refractivity (Wildman–Crippen MR) is 101 cm³/mol. The monoisotopic (exact) mass is 364 g/mol. The lowest BCUT2D eigenvalue weighted by Gasteiger charge is -2.24. The van der Waals surface area contributed by atoms with Crippen LogP contribution < -0.4 is 10.6 Å². The minimum Gasteiger partial charge on any atom is -0.350 e. The minimum atomic E-state index is -0.517. The number of carbonyl (C=O) groups is 2. The van der Waals surface area contributed by atoms with E-state index in [1.165, 1.54) is 6.07 Å². The van der Waals surface area contributed by atoms with Crippen molar-refractivity contribution < 1.29 is 14.5 Å². The molecular weight excluding hydrogens is 336 g/mol. The molecule has 0 radical (unpaired) electrons. The first-order valence-electron chi connectivity index (χ1n) is 8.52. The number of rotatable bonds is 7. The molecule has 0 heterocycles. The van der Waals surface area contributed by atoms with Gasteiger partial charge in [0.15, 0.2) is 0 Å². The van der Waals surface area contributed by atoms with Crippen LogP contribution in [0.15, 0.2) is 12.1 Å². The number of anilines is 1. The fourth-order valence-corrected chi connectivity index (χ4v) is 2.43. The fourth-order valence-electron chi connectivity index (χ4n) is 2.43. The number of hydrogen-bond donors (Lipinski definition) is 2. The lowest BCUT2D eigenvalue weighted by Crippen LogP contribution is -2.47. The number of likely N-dealkylation sites (N-methyl/N-ethyl adjacent to an activating group) is 1. The number of nitrogens with one attached hydrogen (secondary N) is 2. The van der Waals surface area contributed by atoms with Crippen molar-refractivity contribution in [2.75, 3.05) is 25.0 Å². The maximum atomic E-state index is 12.4. The summed E-state index contributed by atoms with van der Waals surface area (Å²) < 4.78 is 0. The topological polar surface area (TPSA) is 105 Å². The van der Waals surface area contributed by atoms with Crippen LogP contribution >= 0.6 is 0 Å². The molecule has 0 saturated carbocycles. The zero-order valence-electron chi connectivity index (χ0n) is 16.3. The lowest BCUT2D eigenvalue weighted by atomic mass is 10.1. The molecule has 0 aliphatic heterocycles. The molecule has 1 rings (SSSR count). The third-order valence-electron chi connectivity index (χ3n) is 3.87. The van der Waals surface area contributed by atoms with Crippen molar-refractivity contribution in [3.8, 4) is 0 Å². The van der Waals surface area contributed by atoms with E-state index in [4.69, 9.17) is 0 Å². The van der Waals surface area contributed by atoms with Gasteiger partial charge in [0.25, 0.3) is 5.69 Å². The van der Waals surface area contributed by atoms with E-state index >= 15 is 0 Å². The van der Waals surface area contributed by atoms with Crippen molar-refractivity contribution in [3.05, 3.63) is 33.4 Å². The maximum Gasteiger partial charge on any atom is 0.293 e. The van der Waals surface area contributed by atoms with Gasteiger partial charge in [-0.05, 0) is 52.3 Å². The van der Waals surface area contributed by atoms with Gasteiger partial charge in [-0.3, -0.25) is 24.6 Å². The number of carbonyl (C=O) groups excluding carboxylic acids is 2. The van der Waals surface area contributed by atoms with Gasteiger partial charge in [0.1, 0.15) is 5.69 Å². The summed E-state index contributed by atoms with van der Waals surface area (Å²) in [7, 11) is 0. The zero-order valence-corrected chi connectivity index (χ0v) is 16.3.